The summed E-state index contributed by atoms with van der Waals surface area (Å²) in [5.41, 5.74) is 0.694. The van der Waals surface area contributed by atoms with Crippen molar-refractivity contribution in [2.75, 3.05) is 32.7 Å². The van der Waals surface area contributed by atoms with Crippen molar-refractivity contribution in [3.05, 3.63) is 18.7 Å². The summed E-state index contributed by atoms with van der Waals surface area (Å²) in [5, 5.41) is 11.0. The van der Waals surface area contributed by atoms with E-state index >= 15 is 0 Å². The number of rotatable bonds is 6. The molecule has 1 unspecified atom stereocenters. The molecular weight excluding hydrogens is 222 g/mol. The molecule has 17 heavy (non-hydrogen) atoms. The van der Waals surface area contributed by atoms with Crippen molar-refractivity contribution in [2.45, 2.75) is 6.10 Å². The maximum absolute atomic E-state index is 5.25. The molecule has 0 aliphatic rings. The first-order chi connectivity index (χ1) is 8.35. The minimum absolute atomic E-state index is 0.0232. The molecular formula is C10H15N5O2. The molecule has 0 radical (unpaired) electrons. The van der Waals surface area contributed by atoms with Crippen molar-refractivity contribution in [1.29, 1.82) is 0 Å². The van der Waals surface area contributed by atoms with Crippen molar-refractivity contribution < 1.29 is 9.47 Å². The number of fused-ring (bicyclic) bond motifs is 1. The summed E-state index contributed by atoms with van der Waals surface area (Å²) in [5.74, 6) is 0.683. The van der Waals surface area contributed by atoms with Crippen LogP contribution in [0.4, 0.5) is 5.82 Å². The standard InChI is InChI=1S/C10H15N5O2/c1-16-6-8(17-2)5-12-9-10-14-13-7-15(10)4-3-11-9/h3-4,7-8H,5-6H2,1-2H3,(H,11,12). The van der Waals surface area contributed by atoms with Crippen LogP contribution in [0.1, 0.15) is 0 Å². The molecule has 2 aromatic heterocycles. The number of methoxy groups -OCH3 is 2. The Balaban J connectivity index is 2.05. The second-order valence-electron chi connectivity index (χ2n) is 3.53. The third kappa shape index (κ3) is 2.69. The largest absolute Gasteiger partial charge is 0.382 e. The minimum Gasteiger partial charge on any atom is -0.382 e. The van der Waals surface area contributed by atoms with E-state index in [0.29, 0.717) is 24.6 Å². The van der Waals surface area contributed by atoms with Crippen molar-refractivity contribution in [2.24, 2.45) is 0 Å². The van der Waals surface area contributed by atoms with Crippen LogP contribution in [-0.4, -0.2) is 53.1 Å². The van der Waals surface area contributed by atoms with Crippen LogP contribution in [0, 0.1) is 0 Å². The number of anilines is 1. The SMILES string of the molecule is COCC(CNc1nccn2cnnc12)OC. The second kappa shape index (κ2) is 5.55. The molecule has 0 aromatic carbocycles. The monoisotopic (exact) mass is 237 g/mol. The highest BCUT2D eigenvalue weighted by atomic mass is 16.5. The molecule has 0 amide bonds. The lowest BCUT2D eigenvalue weighted by Crippen LogP contribution is -2.27. The Bertz CT molecular complexity index is 472. The fourth-order valence-corrected chi connectivity index (χ4v) is 1.49. The van der Waals surface area contributed by atoms with Gasteiger partial charge < -0.3 is 14.8 Å². The molecule has 0 aliphatic heterocycles. The van der Waals surface area contributed by atoms with Crippen LogP contribution in [0.25, 0.3) is 5.65 Å². The number of aromatic nitrogens is 4. The minimum atomic E-state index is -0.0232. The van der Waals surface area contributed by atoms with E-state index in [4.69, 9.17) is 9.47 Å². The molecule has 2 aromatic rings. The fourth-order valence-electron chi connectivity index (χ4n) is 1.49. The van der Waals surface area contributed by atoms with Crippen LogP contribution in [0.5, 0.6) is 0 Å². The number of hydrogen-bond donors (Lipinski definition) is 1. The van der Waals surface area contributed by atoms with E-state index < -0.39 is 0 Å². The van der Waals surface area contributed by atoms with E-state index in [1.165, 1.54) is 0 Å². The predicted molar refractivity (Wildman–Crippen MR) is 61.9 cm³/mol. The van der Waals surface area contributed by atoms with E-state index in [0.717, 1.165) is 0 Å². The summed E-state index contributed by atoms with van der Waals surface area (Å²) in [6.07, 6.45) is 5.09. The highest BCUT2D eigenvalue weighted by molar-refractivity contribution is 5.61. The Morgan fingerprint density at radius 1 is 1.47 bits per heavy atom. The third-order valence-corrected chi connectivity index (χ3v) is 2.40. The number of nitrogens with zero attached hydrogens (tertiary/aromatic N) is 4. The zero-order chi connectivity index (χ0) is 12.1. The molecule has 2 rings (SSSR count). The van der Waals surface area contributed by atoms with Crippen LogP contribution in [0.15, 0.2) is 18.7 Å². The van der Waals surface area contributed by atoms with E-state index in [1.807, 2.05) is 0 Å². The molecule has 92 valence electrons. The fraction of sp³-hybridized carbons (Fsp3) is 0.500. The summed E-state index contributed by atoms with van der Waals surface area (Å²) in [7, 11) is 3.29. The van der Waals surface area contributed by atoms with Crippen molar-refractivity contribution in [3.8, 4) is 0 Å². The van der Waals surface area contributed by atoms with Crippen LogP contribution >= 0.6 is 0 Å². The molecule has 1 N–H and O–H groups in total. The lowest BCUT2D eigenvalue weighted by molar-refractivity contribution is 0.0365. The van der Waals surface area contributed by atoms with Gasteiger partial charge in [0.2, 0.25) is 5.65 Å². The topological polar surface area (TPSA) is 73.6 Å². The van der Waals surface area contributed by atoms with Gasteiger partial charge in [0.1, 0.15) is 6.33 Å². The summed E-state index contributed by atoms with van der Waals surface area (Å²) >= 11 is 0. The Kier molecular flexibility index (Phi) is 3.84. The average molecular weight is 237 g/mol. The van der Waals surface area contributed by atoms with Gasteiger partial charge in [-0.1, -0.05) is 0 Å². The molecule has 0 fully saturated rings. The molecule has 7 nitrogen and oxygen atoms in total. The van der Waals surface area contributed by atoms with Gasteiger partial charge in [-0.3, -0.25) is 4.40 Å². The molecule has 7 heteroatoms. The third-order valence-electron chi connectivity index (χ3n) is 2.40. The van der Waals surface area contributed by atoms with Gasteiger partial charge >= 0.3 is 0 Å². The van der Waals surface area contributed by atoms with Gasteiger partial charge in [0.25, 0.3) is 0 Å². The van der Waals surface area contributed by atoms with Crippen LogP contribution in [0.2, 0.25) is 0 Å². The zero-order valence-electron chi connectivity index (χ0n) is 9.83. The Hall–Kier alpha value is -1.73. The quantitative estimate of drug-likeness (QED) is 0.773. The number of ether oxygens (including phenoxy) is 2. The summed E-state index contributed by atoms with van der Waals surface area (Å²) < 4.78 is 12.1. The molecule has 0 aliphatic carbocycles. The molecule has 2 heterocycles. The van der Waals surface area contributed by atoms with E-state index in [2.05, 4.69) is 20.5 Å². The molecule has 1 atom stereocenters. The van der Waals surface area contributed by atoms with Gasteiger partial charge in [-0.05, 0) is 0 Å². The van der Waals surface area contributed by atoms with Gasteiger partial charge in [-0.25, -0.2) is 4.98 Å². The average Bonchev–Trinajstić information content (AvgIpc) is 2.83. The van der Waals surface area contributed by atoms with Crippen LogP contribution in [-0.2, 0) is 9.47 Å². The summed E-state index contributed by atoms with van der Waals surface area (Å²) in [6.45, 7) is 1.13. The van der Waals surface area contributed by atoms with E-state index in [1.54, 1.807) is 37.3 Å². The highest BCUT2D eigenvalue weighted by Crippen LogP contribution is 2.09. The van der Waals surface area contributed by atoms with Gasteiger partial charge in [0, 0.05) is 33.2 Å². The van der Waals surface area contributed by atoms with Crippen molar-refractivity contribution >= 4 is 11.5 Å². The lowest BCUT2D eigenvalue weighted by Gasteiger charge is -2.15. The van der Waals surface area contributed by atoms with E-state index in [-0.39, 0.29) is 6.10 Å². The normalized spacial score (nSPS) is 12.8. The summed E-state index contributed by atoms with van der Waals surface area (Å²) in [4.78, 5) is 4.21. The molecule has 0 spiro atoms. The van der Waals surface area contributed by atoms with E-state index in [9.17, 15) is 0 Å². The van der Waals surface area contributed by atoms with Gasteiger partial charge in [0.05, 0.1) is 12.7 Å². The molecule has 0 saturated heterocycles. The number of hydrogen-bond acceptors (Lipinski definition) is 6. The highest BCUT2D eigenvalue weighted by Gasteiger charge is 2.09. The van der Waals surface area contributed by atoms with Crippen molar-refractivity contribution in [3.63, 3.8) is 0 Å². The molecule has 0 bridgehead atoms. The first kappa shape index (κ1) is 11.7. The van der Waals surface area contributed by atoms with Gasteiger partial charge in [0.15, 0.2) is 5.82 Å². The predicted octanol–water partition coefficient (Wildman–Crippen LogP) is 0.198. The van der Waals surface area contributed by atoms with Gasteiger partial charge in [-0.2, -0.15) is 0 Å². The van der Waals surface area contributed by atoms with Crippen LogP contribution < -0.4 is 5.32 Å². The maximum Gasteiger partial charge on any atom is 0.203 e. The smallest absolute Gasteiger partial charge is 0.203 e. The maximum atomic E-state index is 5.25. The first-order valence-corrected chi connectivity index (χ1v) is 5.25. The summed E-state index contributed by atoms with van der Waals surface area (Å²) in [6, 6.07) is 0. The zero-order valence-corrected chi connectivity index (χ0v) is 9.83. The Morgan fingerprint density at radius 3 is 3.12 bits per heavy atom. The Morgan fingerprint density at radius 2 is 2.35 bits per heavy atom. The Labute approximate surface area is 98.8 Å². The lowest BCUT2D eigenvalue weighted by atomic mass is 10.3. The van der Waals surface area contributed by atoms with Crippen LogP contribution in [0.3, 0.4) is 0 Å². The second-order valence-corrected chi connectivity index (χ2v) is 3.53. The van der Waals surface area contributed by atoms with Crippen molar-refractivity contribution in [1.82, 2.24) is 19.6 Å². The first-order valence-electron chi connectivity index (χ1n) is 5.25. The molecule has 0 saturated carbocycles. The number of nitrogens with one attached hydrogen (secondary N) is 1. The van der Waals surface area contributed by atoms with Gasteiger partial charge in [-0.15, -0.1) is 10.2 Å².